The van der Waals surface area contributed by atoms with E-state index >= 15 is 0 Å². The third-order valence-corrected chi connectivity index (χ3v) is 2.69. The predicted octanol–water partition coefficient (Wildman–Crippen LogP) is 3.14. The van der Waals surface area contributed by atoms with Crippen molar-refractivity contribution < 1.29 is 4.42 Å². The quantitative estimate of drug-likeness (QED) is 0.659. The first-order chi connectivity index (χ1) is 7.36. The van der Waals surface area contributed by atoms with Gasteiger partial charge in [-0.15, -0.1) is 0 Å². The maximum Gasteiger partial charge on any atom is 0.137 e. The summed E-state index contributed by atoms with van der Waals surface area (Å²) >= 11 is 0. The fourth-order valence-corrected chi connectivity index (χ4v) is 2.00. The predicted molar refractivity (Wildman–Crippen MR) is 62.5 cm³/mol. The second-order valence-electron chi connectivity index (χ2n) is 3.66. The van der Waals surface area contributed by atoms with Crippen molar-refractivity contribution in [3.05, 3.63) is 47.8 Å². The zero-order valence-electron chi connectivity index (χ0n) is 8.23. The van der Waals surface area contributed by atoms with Gasteiger partial charge in [0.05, 0.1) is 0 Å². The van der Waals surface area contributed by atoms with E-state index in [0.29, 0.717) is 0 Å². The molecule has 1 heterocycles. The van der Waals surface area contributed by atoms with Crippen LogP contribution in [0.15, 0.2) is 40.8 Å². The van der Waals surface area contributed by atoms with Gasteiger partial charge in [0.15, 0.2) is 0 Å². The average molecular weight is 197 g/mol. The summed E-state index contributed by atoms with van der Waals surface area (Å²) in [5, 5.41) is 1.06. The van der Waals surface area contributed by atoms with E-state index in [1.165, 1.54) is 5.56 Å². The Balaban J connectivity index is 2.41. The van der Waals surface area contributed by atoms with Gasteiger partial charge in [-0.2, -0.15) is 0 Å². The number of nitrogens with two attached hydrogens (primary N) is 1. The van der Waals surface area contributed by atoms with Crippen LogP contribution in [0, 0.1) is 0 Å². The summed E-state index contributed by atoms with van der Waals surface area (Å²) in [6, 6.07) is 5.79. The number of anilines is 1. The molecule has 0 atom stereocenters. The van der Waals surface area contributed by atoms with E-state index in [2.05, 4.69) is 6.08 Å². The number of benzene rings is 1. The lowest BCUT2D eigenvalue weighted by molar-refractivity contribution is 0.600. The number of nitrogen functional groups attached to an aromatic ring is 1. The van der Waals surface area contributed by atoms with Gasteiger partial charge in [0.25, 0.3) is 0 Å². The standard InChI is InChI=1S/C13H11NO/c14-10-6-4-8-12-13(10)9-5-2-1-3-7-11(9)15-12/h1-4,6-8H,5,14H2. The molecular formula is C13H11NO. The van der Waals surface area contributed by atoms with Crippen molar-refractivity contribution in [3.63, 3.8) is 0 Å². The zero-order valence-corrected chi connectivity index (χ0v) is 8.23. The second-order valence-corrected chi connectivity index (χ2v) is 3.66. The lowest BCUT2D eigenvalue weighted by atomic mass is 10.1. The molecule has 0 unspecified atom stereocenters. The highest BCUT2D eigenvalue weighted by Crippen LogP contribution is 2.32. The molecule has 0 saturated heterocycles. The highest BCUT2D eigenvalue weighted by molar-refractivity contribution is 5.95. The van der Waals surface area contributed by atoms with Crippen LogP contribution in [0.4, 0.5) is 5.69 Å². The molecule has 2 N–H and O–H groups in total. The molecule has 15 heavy (non-hydrogen) atoms. The van der Waals surface area contributed by atoms with Crippen LogP contribution in [0.3, 0.4) is 0 Å². The van der Waals surface area contributed by atoms with Gasteiger partial charge in [0, 0.05) is 16.6 Å². The molecule has 0 amide bonds. The molecule has 2 aromatic rings. The maximum absolute atomic E-state index is 5.97. The Morgan fingerprint density at radius 1 is 1.20 bits per heavy atom. The van der Waals surface area contributed by atoms with E-state index in [-0.39, 0.29) is 0 Å². The summed E-state index contributed by atoms with van der Waals surface area (Å²) in [4.78, 5) is 0. The number of hydrogen-bond donors (Lipinski definition) is 1. The monoisotopic (exact) mass is 197 g/mol. The highest BCUT2D eigenvalue weighted by atomic mass is 16.3. The van der Waals surface area contributed by atoms with Gasteiger partial charge in [-0.1, -0.05) is 24.3 Å². The van der Waals surface area contributed by atoms with E-state index < -0.39 is 0 Å². The van der Waals surface area contributed by atoms with Crippen molar-refractivity contribution in [2.75, 3.05) is 5.73 Å². The van der Waals surface area contributed by atoms with E-state index in [1.54, 1.807) is 0 Å². The third-order valence-electron chi connectivity index (χ3n) is 2.69. The van der Waals surface area contributed by atoms with Crippen molar-refractivity contribution >= 4 is 22.7 Å². The van der Waals surface area contributed by atoms with Crippen LogP contribution >= 0.6 is 0 Å². The van der Waals surface area contributed by atoms with Crippen molar-refractivity contribution in [1.82, 2.24) is 0 Å². The van der Waals surface area contributed by atoms with Crippen LogP contribution in [0.2, 0.25) is 0 Å². The van der Waals surface area contributed by atoms with Gasteiger partial charge in [0.2, 0.25) is 0 Å². The molecule has 0 aliphatic heterocycles. The first kappa shape index (κ1) is 8.36. The van der Waals surface area contributed by atoms with Crippen LogP contribution in [0.5, 0.6) is 0 Å². The van der Waals surface area contributed by atoms with Crippen molar-refractivity contribution in [3.8, 4) is 0 Å². The Hall–Kier alpha value is -1.96. The molecule has 0 bridgehead atoms. The molecule has 2 heteroatoms. The first-order valence-corrected chi connectivity index (χ1v) is 4.99. The Kier molecular flexibility index (Phi) is 1.68. The SMILES string of the molecule is Nc1cccc2oc3c(c12)CC=CC=C3. The number of hydrogen-bond acceptors (Lipinski definition) is 2. The van der Waals surface area contributed by atoms with Gasteiger partial charge >= 0.3 is 0 Å². The number of rotatable bonds is 0. The highest BCUT2D eigenvalue weighted by Gasteiger charge is 2.13. The van der Waals surface area contributed by atoms with Crippen LogP contribution in [0.1, 0.15) is 11.3 Å². The normalized spacial score (nSPS) is 14.1. The molecule has 3 rings (SSSR count). The molecule has 2 nitrogen and oxygen atoms in total. The van der Waals surface area contributed by atoms with Gasteiger partial charge in [-0.3, -0.25) is 0 Å². The van der Waals surface area contributed by atoms with Crippen molar-refractivity contribution in [2.45, 2.75) is 6.42 Å². The van der Waals surface area contributed by atoms with Crippen LogP contribution in [-0.2, 0) is 6.42 Å². The molecule has 0 saturated carbocycles. The van der Waals surface area contributed by atoms with Crippen molar-refractivity contribution in [1.29, 1.82) is 0 Å². The molecule has 1 aromatic carbocycles. The van der Waals surface area contributed by atoms with Gasteiger partial charge in [-0.05, 0) is 24.6 Å². The van der Waals surface area contributed by atoms with Gasteiger partial charge < -0.3 is 10.2 Å². The Morgan fingerprint density at radius 3 is 3.07 bits per heavy atom. The zero-order chi connectivity index (χ0) is 10.3. The smallest absolute Gasteiger partial charge is 0.137 e. The van der Waals surface area contributed by atoms with Crippen LogP contribution in [-0.4, -0.2) is 0 Å². The van der Waals surface area contributed by atoms with E-state index in [1.807, 2.05) is 36.4 Å². The van der Waals surface area contributed by atoms with E-state index in [0.717, 1.165) is 28.8 Å². The summed E-state index contributed by atoms with van der Waals surface area (Å²) in [6.45, 7) is 0. The molecule has 1 aliphatic rings. The fourth-order valence-electron chi connectivity index (χ4n) is 2.00. The molecule has 0 spiro atoms. The third kappa shape index (κ3) is 1.18. The minimum Gasteiger partial charge on any atom is -0.456 e. The summed E-state index contributed by atoms with van der Waals surface area (Å²) < 4.78 is 5.74. The van der Waals surface area contributed by atoms with Gasteiger partial charge in [0.1, 0.15) is 11.3 Å². The first-order valence-electron chi connectivity index (χ1n) is 4.99. The Labute approximate surface area is 87.7 Å². The summed E-state index contributed by atoms with van der Waals surface area (Å²) in [5.74, 6) is 0.924. The minimum absolute atomic E-state index is 0.793. The minimum atomic E-state index is 0.793. The van der Waals surface area contributed by atoms with Crippen LogP contribution in [0.25, 0.3) is 17.0 Å². The topological polar surface area (TPSA) is 39.2 Å². The fraction of sp³-hybridized carbons (Fsp3) is 0.0769. The lowest BCUT2D eigenvalue weighted by Gasteiger charge is -1.97. The number of fused-ring (bicyclic) bond motifs is 3. The molecule has 1 aliphatic carbocycles. The molecule has 74 valence electrons. The lowest BCUT2D eigenvalue weighted by Crippen LogP contribution is -1.88. The van der Waals surface area contributed by atoms with E-state index in [9.17, 15) is 0 Å². The van der Waals surface area contributed by atoms with Gasteiger partial charge in [-0.25, -0.2) is 0 Å². The molecule has 0 fully saturated rings. The van der Waals surface area contributed by atoms with E-state index in [4.69, 9.17) is 10.2 Å². The maximum atomic E-state index is 5.97. The number of furan rings is 1. The average Bonchev–Trinajstić information content (AvgIpc) is 2.43. The second kappa shape index (κ2) is 3.02. The Bertz CT molecular complexity index is 575. The number of allylic oxidation sites excluding steroid dienone is 3. The Morgan fingerprint density at radius 2 is 2.13 bits per heavy atom. The molecule has 1 aromatic heterocycles. The molecule has 0 radical (unpaired) electrons. The summed E-state index contributed by atoms with van der Waals surface area (Å²) in [6.07, 6.45) is 9.00. The summed E-state index contributed by atoms with van der Waals surface area (Å²) in [5.41, 5.74) is 8.82. The van der Waals surface area contributed by atoms with Crippen LogP contribution < -0.4 is 5.73 Å². The molecular weight excluding hydrogens is 186 g/mol. The largest absolute Gasteiger partial charge is 0.456 e. The summed E-state index contributed by atoms with van der Waals surface area (Å²) in [7, 11) is 0. The van der Waals surface area contributed by atoms with Crippen molar-refractivity contribution in [2.24, 2.45) is 0 Å².